The summed E-state index contributed by atoms with van der Waals surface area (Å²) in [5.74, 6) is -1.86. The maximum atomic E-state index is 13.3. The molecule has 4 aromatic carbocycles. The van der Waals surface area contributed by atoms with Gasteiger partial charge in [-0.3, -0.25) is 19.2 Å². The van der Waals surface area contributed by atoms with E-state index in [9.17, 15) is 27.6 Å². The lowest BCUT2D eigenvalue weighted by Gasteiger charge is -2.23. The fourth-order valence-electron chi connectivity index (χ4n) is 5.44. The van der Waals surface area contributed by atoms with Gasteiger partial charge in [-0.25, -0.2) is 13.3 Å². The normalized spacial score (nSPS) is 16.5. The average molecular weight is 618 g/mol. The fraction of sp³-hybridized carbons (Fsp3) is 0.125. The van der Waals surface area contributed by atoms with Crippen LogP contribution in [0.15, 0.2) is 94.7 Å². The molecule has 2 amide bonds. The molecule has 10 heteroatoms. The number of imide groups is 1. The second kappa shape index (κ2) is 10.6. The Morgan fingerprint density at radius 2 is 1.26 bits per heavy atom. The van der Waals surface area contributed by atoms with E-state index in [1.165, 1.54) is 48.5 Å². The van der Waals surface area contributed by atoms with Crippen LogP contribution in [-0.4, -0.2) is 31.8 Å². The number of hydrogen-bond acceptors (Lipinski definition) is 6. The summed E-state index contributed by atoms with van der Waals surface area (Å²) in [6.07, 6.45) is 1.01. The summed E-state index contributed by atoms with van der Waals surface area (Å²) in [5, 5.41) is 0.441. The first-order chi connectivity index (χ1) is 20.1. The van der Waals surface area contributed by atoms with Crippen LogP contribution >= 0.6 is 23.2 Å². The highest BCUT2D eigenvalue weighted by molar-refractivity contribution is 7.91. The van der Waals surface area contributed by atoms with Crippen LogP contribution in [0.5, 0.6) is 0 Å². The third-order valence-corrected chi connectivity index (χ3v) is 10.1. The topological polar surface area (TPSA) is 106 Å². The predicted molar refractivity (Wildman–Crippen MR) is 157 cm³/mol. The number of fused-ring (bicyclic) bond motifs is 2. The maximum absolute atomic E-state index is 13.3. The second-order valence-electron chi connectivity index (χ2n) is 10.1. The van der Waals surface area contributed by atoms with E-state index in [1.54, 1.807) is 36.4 Å². The smallest absolute Gasteiger partial charge is 0.267 e. The van der Waals surface area contributed by atoms with Crippen LogP contribution in [-0.2, 0) is 16.3 Å². The Kier molecular flexibility index (Phi) is 7.09. The summed E-state index contributed by atoms with van der Waals surface area (Å²) in [7, 11) is -3.90. The molecule has 1 atom stereocenters. The third-order valence-electron chi connectivity index (χ3n) is 7.65. The zero-order chi connectivity index (χ0) is 29.8. The standard InChI is InChI=1S/C32H21Cl2NO6S/c33-25-5-1-3-23-27(36)17-19(30(37)28(23)25)10-7-18-8-13-21(14-9-18)42(40,41)22-15-11-20(12-16-22)35-31(38)24-4-2-6-26(34)29(24)32(35)39/h1-6,8-9,11-16,19H,7,10,17H2. The lowest BCUT2D eigenvalue weighted by molar-refractivity contribution is 0.0817. The molecule has 0 spiro atoms. The first-order valence-electron chi connectivity index (χ1n) is 13.0. The van der Waals surface area contributed by atoms with E-state index in [1.807, 2.05) is 0 Å². The monoisotopic (exact) mass is 617 g/mol. The van der Waals surface area contributed by atoms with E-state index in [4.69, 9.17) is 23.2 Å². The highest BCUT2D eigenvalue weighted by atomic mass is 35.5. The molecular formula is C32H21Cl2NO6S. The molecule has 0 saturated heterocycles. The summed E-state index contributed by atoms with van der Waals surface area (Å²) >= 11 is 12.3. The van der Waals surface area contributed by atoms with Gasteiger partial charge in [0.2, 0.25) is 9.84 Å². The van der Waals surface area contributed by atoms with E-state index in [-0.39, 0.29) is 60.2 Å². The van der Waals surface area contributed by atoms with Gasteiger partial charge in [-0.1, -0.05) is 53.5 Å². The number of halogens is 2. The number of carbonyl (C=O) groups excluding carboxylic acids is 4. The Labute approximate surface area is 251 Å². The number of hydrogen-bond donors (Lipinski definition) is 0. The second-order valence-corrected chi connectivity index (χ2v) is 12.9. The van der Waals surface area contributed by atoms with Crippen molar-refractivity contribution in [3.05, 3.63) is 123 Å². The number of carbonyl (C=O) groups is 4. The van der Waals surface area contributed by atoms with Crippen molar-refractivity contribution in [1.82, 2.24) is 0 Å². The summed E-state index contributed by atoms with van der Waals surface area (Å²) in [4.78, 5) is 52.3. The number of amides is 2. The Morgan fingerprint density at radius 1 is 0.690 bits per heavy atom. The molecule has 0 N–H and O–H groups in total. The maximum Gasteiger partial charge on any atom is 0.267 e. The number of anilines is 1. The number of nitrogens with zero attached hydrogens (tertiary/aromatic N) is 1. The van der Waals surface area contributed by atoms with E-state index in [0.717, 1.165) is 10.5 Å². The Morgan fingerprint density at radius 3 is 1.88 bits per heavy atom. The van der Waals surface area contributed by atoms with Crippen molar-refractivity contribution in [3.63, 3.8) is 0 Å². The number of benzene rings is 4. The fourth-order valence-corrected chi connectivity index (χ4v) is 7.22. The molecule has 1 unspecified atom stereocenters. The van der Waals surface area contributed by atoms with E-state index in [0.29, 0.717) is 18.4 Å². The minimum Gasteiger partial charge on any atom is -0.294 e. The van der Waals surface area contributed by atoms with E-state index < -0.39 is 27.6 Å². The quantitative estimate of drug-likeness (QED) is 0.224. The Balaban J connectivity index is 1.15. The zero-order valence-electron chi connectivity index (χ0n) is 21.8. The predicted octanol–water partition coefficient (Wildman–Crippen LogP) is 6.64. The van der Waals surface area contributed by atoms with Crippen molar-refractivity contribution < 1.29 is 27.6 Å². The van der Waals surface area contributed by atoms with E-state index >= 15 is 0 Å². The SMILES string of the molecule is O=C1CC(CCc2ccc(S(=O)(=O)c3ccc(N4C(=O)c5cccc(Cl)c5C4=O)cc3)cc2)C(=O)c2c(Cl)cccc21. The summed E-state index contributed by atoms with van der Waals surface area (Å²) in [6.45, 7) is 0. The van der Waals surface area contributed by atoms with E-state index in [2.05, 4.69) is 0 Å². The zero-order valence-corrected chi connectivity index (χ0v) is 24.2. The molecule has 0 aromatic heterocycles. The molecule has 42 heavy (non-hydrogen) atoms. The van der Waals surface area contributed by atoms with Crippen LogP contribution in [0.4, 0.5) is 5.69 Å². The van der Waals surface area contributed by atoms with Gasteiger partial charge in [-0.2, -0.15) is 0 Å². The van der Waals surface area contributed by atoms with Crippen molar-refractivity contribution in [2.45, 2.75) is 29.1 Å². The van der Waals surface area contributed by atoms with Gasteiger partial charge in [0.05, 0.1) is 36.7 Å². The number of sulfone groups is 1. The Bertz CT molecular complexity index is 1920. The number of aryl methyl sites for hydroxylation is 1. The van der Waals surface area contributed by atoms with Crippen molar-refractivity contribution >= 4 is 62.1 Å². The van der Waals surface area contributed by atoms with Gasteiger partial charge < -0.3 is 0 Å². The molecule has 0 fully saturated rings. The summed E-state index contributed by atoms with van der Waals surface area (Å²) < 4.78 is 26.6. The van der Waals surface area contributed by atoms with Crippen LogP contribution in [0.1, 0.15) is 59.8 Å². The summed E-state index contributed by atoms with van der Waals surface area (Å²) in [6, 6.07) is 21.3. The minimum atomic E-state index is -3.90. The van der Waals surface area contributed by atoms with Gasteiger partial charge in [0.15, 0.2) is 11.6 Å². The van der Waals surface area contributed by atoms with Gasteiger partial charge in [-0.05, 0) is 73.0 Å². The molecule has 2 aliphatic rings. The molecule has 1 aliphatic heterocycles. The highest BCUT2D eigenvalue weighted by Crippen LogP contribution is 2.35. The lowest BCUT2D eigenvalue weighted by atomic mass is 9.79. The molecule has 210 valence electrons. The van der Waals surface area contributed by atoms with Crippen LogP contribution < -0.4 is 4.90 Å². The molecule has 0 radical (unpaired) electrons. The molecule has 1 aliphatic carbocycles. The van der Waals surface area contributed by atoms with Gasteiger partial charge >= 0.3 is 0 Å². The number of Topliss-reactive ketones (excluding diaryl/α,β-unsaturated/α-hetero) is 2. The van der Waals surface area contributed by atoms with Gasteiger partial charge in [0.25, 0.3) is 11.8 Å². The highest BCUT2D eigenvalue weighted by Gasteiger charge is 2.38. The van der Waals surface area contributed by atoms with Gasteiger partial charge in [0.1, 0.15) is 0 Å². The van der Waals surface area contributed by atoms with Gasteiger partial charge in [-0.15, -0.1) is 0 Å². The molecule has 7 nitrogen and oxygen atoms in total. The van der Waals surface area contributed by atoms with Crippen LogP contribution in [0, 0.1) is 5.92 Å². The molecule has 0 saturated carbocycles. The summed E-state index contributed by atoms with van der Waals surface area (Å²) in [5.41, 5.74) is 2.00. The third kappa shape index (κ3) is 4.65. The van der Waals surface area contributed by atoms with Crippen molar-refractivity contribution in [2.24, 2.45) is 5.92 Å². The molecular weight excluding hydrogens is 597 g/mol. The largest absolute Gasteiger partial charge is 0.294 e. The number of rotatable bonds is 6. The first kappa shape index (κ1) is 28.0. The minimum absolute atomic E-state index is 0.00417. The van der Waals surface area contributed by atoms with Crippen molar-refractivity contribution in [2.75, 3.05) is 4.90 Å². The first-order valence-corrected chi connectivity index (χ1v) is 15.3. The molecule has 1 heterocycles. The van der Waals surface area contributed by atoms with Crippen LogP contribution in [0.2, 0.25) is 10.0 Å². The van der Waals surface area contributed by atoms with Crippen molar-refractivity contribution in [3.8, 4) is 0 Å². The van der Waals surface area contributed by atoms with Crippen LogP contribution in [0.3, 0.4) is 0 Å². The van der Waals surface area contributed by atoms with Gasteiger partial charge in [0, 0.05) is 23.5 Å². The lowest BCUT2D eigenvalue weighted by Crippen LogP contribution is -2.29. The van der Waals surface area contributed by atoms with Crippen molar-refractivity contribution in [1.29, 1.82) is 0 Å². The van der Waals surface area contributed by atoms with Crippen LogP contribution in [0.25, 0.3) is 0 Å². The molecule has 0 bridgehead atoms. The average Bonchev–Trinajstić information content (AvgIpc) is 3.24. The molecule has 6 rings (SSSR count). The Hall–Kier alpha value is -4.11. The number of ketones is 2. The molecule has 4 aromatic rings.